The van der Waals surface area contributed by atoms with Gasteiger partial charge in [-0.15, -0.1) is 0 Å². The van der Waals surface area contributed by atoms with E-state index >= 15 is 0 Å². The Labute approximate surface area is 162 Å². The molecule has 0 saturated heterocycles. The Bertz CT molecular complexity index is 981. The van der Waals surface area contributed by atoms with Crippen molar-refractivity contribution in [2.75, 3.05) is 10.6 Å². The zero-order valence-corrected chi connectivity index (χ0v) is 15.7. The molecule has 0 aliphatic carbocycles. The number of nitrogens with zero attached hydrogens (tertiary/aromatic N) is 1. The molecule has 6 nitrogen and oxygen atoms in total. The molecule has 3 rings (SSSR count). The summed E-state index contributed by atoms with van der Waals surface area (Å²) in [6.45, 7) is 4.90. The summed E-state index contributed by atoms with van der Waals surface area (Å²) in [6.07, 6.45) is 0. The minimum atomic E-state index is -0.467. The van der Waals surface area contributed by atoms with Crippen molar-refractivity contribution in [3.63, 3.8) is 0 Å². The van der Waals surface area contributed by atoms with Crippen LogP contribution in [0.1, 0.15) is 26.3 Å². The molecular weight excluding hydrogens is 361 g/mol. The van der Waals surface area contributed by atoms with Gasteiger partial charge in [-0.1, -0.05) is 18.2 Å². The number of rotatable bonds is 5. The average Bonchev–Trinajstić information content (AvgIpc) is 2.85. The maximum Gasteiger partial charge on any atom is 0.278 e. The predicted molar refractivity (Wildman–Crippen MR) is 105 cm³/mol. The summed E-state index contributed by atoms with van der Waals surface area (Å²) in [5.41, 5.74) is 1.77. The number of carbonyl (C=O) groups excluding carboxylic acids is 3. The summed E-state index contributed by atoms with van der Waals surface area (Å²) < 4.78 is 13.5. The molecule has 3 amide bonds. The summed E-state index contributed by atoms with van der Waals surface area (Å²) in [5.74, 6) is -1.56. The minimum Gasteiger partial charge on any atom is -0.350 e. The Balaban J connectivity index is 2.05. The standard InChI is InChI=1S/C21H20FN3O3/c1-12(2)25-20(27)18(14-7-9-16(10-8-14)23-13(3)26)19(21(25)28)24-17-6-4-5-15(22)11-17/h4-12,24H,1-3H3,(H,23,26). The van der Waals surface area contributed by atoms with Crippen LogP contribution < -0.4 is 10.6 Å². The van der Waals surface area contributed by atoms with Gasteiger partial charge in [-0.3, -0.25) is 19.3 Å². The van der Waals surface area contributed by atoms with E-state index in [1.54, 1.807) is 44.2 Å². The maximum absolute atomic E-state index is 13.5. The normalized spacial score (nSPS) is 14.1. The minimum absolute atomic E-state index is 0.0941. The Morgan fingerprint density at radius 3 is 2.25 bits per heavy atom. The molecule has 144 valence electrons. The second-order valence-corrected chi connectivity index (χ2v) is 6.72. The van der Waals surface area contributed by atoms with Gasteiger partial charge in [0.1, 0.15) is 11.5 Å². The summed E-state index contributed by atoms with van der Waals surface area (Å²) in [4.78, 5) is 38.2. The van der Waals surface area contributed by atoms with Crippen LogP contribution in [0.25, 0.3) is 5.57 Å². The van der Waals surface area contributed by atoms with Gasteiger partial charge in [0.05, 0.1) is 5.57 Å². The molecule has 0 aromatic heterocycles. The van der Waals surface area contributed by atoms with Gasteiger partial charge in [-0.05, 0) is 49.7 Å². The van der Waals surface area contributed by atoms with E-state index in [1.165, 1.54) is 30.0 Å². The van der Waals surface area contributed by atoms with Crippen LogP contribution in [0.3, 0.4) is 0 Å². The highest BCUT2D eigenvalue weighted by Crippen LogP contribution is 2.32. The van der Waals surface area contributed by atoms with Crippen LogP contribution in [0.15, 0.2) is 54.2 Å². The number of benzene rings is 2. The fraction of sp³-hybridized carbons (Fsp3) is 0.190. The summed E-state index contributed by atoms with van der Waals surface area (Å²) in [6, 6.07) is 12.0. The number of halogens is 1. The number of carbonyl (C=O) groups is 3. The van der Waals surface area contributed by atoms with E-state index in [0.717, 1.165) is 0 Å². The van der Waals surface area contributed by atoms with E-state index in [9.17, 15) is 18.8 Å². The van der Waals surface area contributed by atoms with Gasteiger partial charge >= 0.3 is 0 Å². The fourth-order valence-electron chi connectivity index (χ4n) is 3.03. The lowest BCUT2D eigenvalue weighted by Gasteiger charge is -2.19. The van der Waals surface area contributed by atoms with E-state index < -0.39 is 17.6 Å². The lowest BCUT2D eigenvalue weighted by Crippen LogP contribution is -2.38. The van der Waals surface area contributed by atoms with Crippen LogP contribution in [0.5, 0.6) is 0 Å². The first kappa shape index (κ1) is 19.3. The van der Waals surface area contributed by atoms with Gasteiger partial charge in [0.15, 0.2) is 0 Å². The molecular formula is C21H20FN3O3. The molecule has 28 heavy (non-hydrogen) atoms. The summed E-state index contributed by atoms with van der Waals surface area (Å²) in [7, 11) is 0. The van der Waals surface area contributed by atoms with Crippen molar-refractivity contribution in [3.05, 3.63) is 65.6 Å². The highest BCUT2D eigenvalue weighted by atomic mass is 19.1. The maximum atomic E-state index is 13.5. The molecule has 7 heteroatoms. The number of nitrogens with one attached hydrogen (secondary N) is 2. The highest BCUT2D eigenvalue weighted by Gasteiger charge is 2.40. The topological polar surface area (TPSA) is 78.5 Å². The van der Waals surface area contributed by atoms with Crippen molar-refractivity contribution < 1.29 is 18.8 Å². The van der Waals surface area contributed by atoms with Crippen LogP contribution in [-0.2, 0) is 14.4 Å². The second kappa shape index (κ2) is 7.64. The average molecular weight is 381 g/mol. The molecule has 1 aliphatic heterocycles. The molecule has 0 atom stereocenters. The first-order chi connectivity index (χ1) is 13.3. The van der Waals surface area contributed by atoms with E-state index in [-0.39, 0.29) is 23.2 Å². The summed E-state index contributed by atoms with van der Waals surface area (Å²) >= 11 is 0. The van der Waals surface area contributed by atoms with Gasteiger partial charge in [0, 0.05) is 24.3 Å². The highest BCUT2D eigenvalue weighted by molar-refractivity contribution is 6.36. The number of hydrogen-bond acceptors (Lipinski definition) is 4. The van der Waals surface area contributed by atoms with Crippen molar-refractivity contribution in [1.29, 1.82) is 0 Å². The lowest BCUT2D eigenvalue weighted by atomic mass is 10.0. The van der Waals surface area contributed by atoms with Crippen LogP contribution >= 0.6 is 0 Å². The predicted octanol–water partition coefficient (Wildman–Crippen LogP) is 3.38. The van der Waals surface area contributed by atoms with E-state index in [2.05, 4.69) is 10.6 Å². The molecule has 2 N–H and O–H groups in total. The molecule has 0 radical (unpaired) electrons. The third kappa shape index (κ3) is 3.78. The molecule has 1 heterocycles. The third-order valence-corrected chi connectivity index (χ3v) is 4.22. The largest absolute Gasteiger partial charge is 0.350 e. The van der Waals surface area contributed by atoms with Crippen molar-refractivity contribution >= 4 is 34.7 Å². The van der Waals surface area contributed by atoms with E-state index in [1.807, 2.05) is 0 Å². The van der Waals surface area contributed by atoms with Crippen LogP contribution in [0, 0.1) is 5.82 Å². The lowest BCUT2D eigenvalue weighted by molar-refractivity contribution is -0.138. The smallest absolute Gasteiger partial charge is 0.278 e. The van der Waals surface area contributed by atoms with Crippen molar-refractivity contribution in [3.8, 4) is 0 Å². The van der Waals surface area contributed by atoms with Gasteiger partial charge in [0.25, 0.3) is 11.8 Å². The van der Waals surface area contributed by atoms with Gasteiger partial charge in [0.2, 0.25) is 5.91 Å². The molecule has 2 aromatic rings. The van der Waals surface area contributed by atoms with E-state index in [0.29, 0.717) is 16.9 Å². The van der Waals surface area contributed by atoms with Gasteiger partial charge in [-0.2, -0.15) is 0 Å². The molecule has 0 bridgehead atoms. The second-order valence-electron chi connectivity index (χ2n) is 6.72. The SMILES string of the molecule is CC(=O)Nc1ccc(C2=C(Nc3cccc(F)c3)C(=O)N(C(C)C)C2=O)cc1. The molecule has 0 unspecified atom stereocenters. The zero-order chi connectivity index (χ0) is 20.4. The quantitative estimate of drug-likeness (QED) is 0.779. The number of anilines is 2. The van der Waals surface area contributed by atoms with Crippen molar-refractivity contribution in [2.24, 2.45) is 0 Å². The number of imide groups is 1. The molecule has 0 fully saturated rings. The molecule has 1 aliphatic rings. The molecule has 0 spiro atoms. The Morgan fingerprint density at radius 2 is 1.68 bits per heavy atom. The van der Waals surface area contributed by atoms with E-state index in [4.69, 9.17) is 0 Å². The Hall–Kier alpha value is -3.48. The first-order valence-electron chi connectivity index (χ1n) is 8.80. The first-order valence-corrected chi connectivity index (χ1v) is 8.80. The summed E-state index contributed by atoms with van der Waals surface area (Å²) in [5, 5.41) is 5.55. The Kier molecular flexibility index (Phi) is 5.26. The third-order valence-electron chi connectivity index (χ3n) is 4.22. The molecule has 2 aromatic carbocycles. The Morgan fingerprint density at radius 1 is 1.00 bits per heavy atom. The van der Waals surface area contributed by atoms with Crippen molar-refractivity contribution in [2.45, 2.75) is 26.8 Å². The van der Waals surface area contributed by atoms with Crippen LogP contribution in [-0.4, -0.2) is 28.7 Å². The van der Waals surface area contributed by atoms with Crippen molar-refractivity contribution in [1.82, 2.24) is 4.90 Å². The number of hydrogen-bond donors (Lipinski definition) is 2. The van der Waals surface area contributed by atoms with Crippen LogP contribution in [0.2, 0.25) is 0 Å². The zero-order valence-electron chi connectivity index (χ0n) is 15.7. The van der Waals surface area contributed by atoms with Gasteiger partial charge in [-0.25, -0.2) is 4.39 Å². The molecule has 0 saturated carbocycles. The number of amides is 3. The van der Waals surface area contributed by atoms with Crippen LogP contribution in [0.4, 0.5) is 15.8 Å². The van der Waals surface area contributed by atoms with Gasteiger partial charge < -0.3 is 10.6 Å². The monoisotopic (exact) mass is 381 g/mol. The fourth-order valence-corrected chi connectivity index (χ4v) is 3.03.